The van der Waals surface area contributed by atoms with E-state index in [1.165, 1.54) is 4.80 Å². The number of nitrogens with zero attached hydrogens (tertiary/aromatic N) is 5. The van der Waals surface area contributed by atoms with Crippen molar-refractivity contribution in [1.82, 2.24) is 30.4 Å². The molecule has 1 unspecified atom stereocenters. The Morgan fingerprint density at radius 3 is 2.79 bits per heavy atom. The van der Waals surface area contributed by atoms with E-state index in [1.54, 1.807) is 0 Å². The third-order valence-electron chi connectivity index (χ3n) is 4.03. The number of rotatable bonds is 6. The molecule has 0 radical (unpaired) electrons. The molecule has 24 heavy (non-hydrogen) atoms. The molecule has 0 aliphatic carbocycles. The van der Waals surface area contributed by atoms with Crippen LogP contribution in [0.2, 0.25) is 0 Å². The van der Waals surface area contributed by atoms with Gasteiger partial charge >= 0.3 is 0 Å². The first-order valence-corrected chi connectivity index (χ1v) is 8.14. The molecular formula is C16H22N6O2. The van der Waals surface area contributed by atoms with Crippen molar-refractivity contribution in [3.8, 4) is 11.4 Å². The van der Waals surface area contributed by atoms with E-state index in [0.29, 0.717) is 12.4 Å². The molecule has 1 aliphatic rings. The number of benzene rings is 1. The van der Waals surface area contributed by atoms with Gasteiger partial charge in [-0.05, 0) is 12.1 Å². The molecule has 128 valence electrons. The van der Waals surface area contributed by atoms with Crippen LogP contribution in [0.1, 0.15) is 6.92 Å². The third kappa shape index (κ3) is 4.36. The lowest BCUT2D eigenvalue weighted by molar-refractivity contribution is -0.122. The molecule has 1 N–H and O–H groups in total. The van der Waals surface area contributed by atoms with Crippen LogP contribution in [-0.4, -0.2) is 69.9 Å². The fraction of sp³-hybridized carbons (Fsp3) is 0.500. The van der Waals surface area contributed by atoms with Crippen molar-refractivity contribution in [2.45, 2.75) is 19.5 Å². The summed E-state index contributed by atoms with van der Waals surface area (Å²) in [6.07, 6.45) is 0. The average molecular weight is 330 g/mol. The van der Waals surface area contributed by atoms with Crippen LogP contribution in [0, 0.1) is 0 Å². The SMILES string of the molecule is CC(CNC(=O)Cn1nnc(-c2ccccc2)n1)N1CCOCC1. The van der Waals surface area contributed by atoms with Crippen molar-refractivity contribution >= 4 is 5.91 Å². The van der Waals surface area contributed by atoms with Crippen LogP contribution in [0.25, 0.3) is 11.4 Å². The van der Waals surface area contributed by atoms with E-state index in [1.807, 2.05) is 30.3 Å². The average Bonchev–Trinajstić information content (AvgIpc) is 3.09. The van der Waals surface area contributed by atoms with Gasteiger partial charge in [0.2, 0.25) is 11.7 Å². The summed E-state index contributed by atoms with van der Waals surface area (Å²) in [6, 6.07) is 9.85. The molecule has 8 nitrogen and oxygen atoms in total. The molecular weight excluding hydrogens is 308 g/mol. The number of tetrazole rings is 1. The van der Waals surface area contributed by atoms with E-state index < -0.39 is 0 Å². The molecule has 0 saturated carbocycles. The standard InChI is InChI=1S/C16H22N6O2/c1-13(21-7-9-24-10-8-21)11-17-15(23)12-22-19-16(18-20-22)14-5-3-2-4-6-14/h2-6,13H,7-12H2,1H3,(H,17,23). The van der Waals surface area contributed by atoms with E-state index >= 15 is 0 Å². The lowest BCUT2D eigenvalue weighted by atomic mass is 10.2. The highest BCUT2D eigenvalue weighted by Crippen LogP contribution is 2.11. The molecule has 0 spiro atoms. The quantitative estimate of drug-likeness (QED) is 0.813. The minimum absolute atomic E-state index is 0.0651. The lowest BCUT2D eigenvalue weighted by Gasteiger charge is -2.32. The van der Waals surface area contributed by atoms with Crippen LogP contribution in [0.5, 0.6) is 0 Å². The molecule has 1 amide bonds. The summed E-state index contributed by atoms with van der Waals surface area (Å²) in [7, 11) is 0. The second-order valence-electron chi connectivity index (χ2n) is 5.81. The van der Waals surface area contributed by atoms with Crippen molar-refractivity contribution < 1.29 is 9.53 Å². The molecule has 8 heteroatoms. The minimum atomic E-state index is -0.118. The zero-order valence-electron chi connectivity index (χ0n) is 13.8. The number of amides is 1. The second kappa shape index (κ2) is 7.98. The number of hydrogen-bond donors (Lipinski definition) is 1. The number of morpholine rings is 1. The molecule has 1 aromatic carbocycles. The van der Waals surface area contributed by atoms with E-state index in [0.717, 1.165) is 31.9 Å². The second-order valence-corrected chi connectivity index (χ2v) is 5.81. The Bertz CT molecular complexity index is 654. The van der Waals surface area contributed by atoms with E-state index in [9.17, 15) is 4.79 Å². The van der Waals surface area contributed by atoms with Crippen LogP contribution in [0.15, 0.2) is 30.3 Å². The summed E-state index contributed by atoms with van der Waals surface area (Å²) in [5.41, 5.74) is 0.880. The minimum Gasteiger partial charge on any atom is -0.379 e. The lowest BCUT2D eigenvalue weighted by Crippen LogP contribution is -2.47. The zero-order valence-corrected chi connectivity index (χ0v) is 13.8. The summed E-state index contributed by atoms with van der Waals surface area (Å²) in [5.74, 6) is 0.400. The number of carbonyl (C=O) groups is 1. The first-order valence-electron chi connectivity index (χ1n) is 8.14. The Balaban J connectivity index is 1.47. The van der Waals surface area contributed by atoms with E-state index in [-0.39, 0.29) is 18.5 Å². The van der Waals surface area contributed by atoms with Gasteiger partial charge < -0.3 is 10.1 Å². The molecule has 1 atom stereocenters. The fourth-order valence-electron chi connectivity index (χ4n) is 2.61. The molecule has 3 rings (SSSR count). The Labute approximate surface area is 140 Å². The predicted molar refractivity (Wildman–Crippen MR) is 88.1 cm³/mol. The largest absolute Gasteiger partial charge is 0.379 e. The molecule has 1 aromatic heterocycles. The number of ether oxygens (including phenoxy) is 1. The van der Waals surface area contributed by atoms with Gasteiger partial charge in [-0.25, -0.2) is 0 Å². The predicted octanol–water partition coefficient (Wildman–Crippen LogP) is 0.177. The van der Waals surface area contributed by atoms with Gasteiger partial charge in [0, 0.05) is 31.2 Å². The maximum absolute atomic E-state index is 12.1. The van der Waals surface area contributed by atoms with Crippen LogP contribution in [0.4, 0.5) is 0 Å². The van der Waals surface area contributed by atoms with Gasteiger partial charge in [-0.2, -0.15) is 4.80 Å². The highest BCUT2D eigenvalue weighted by Gasteiger charge is 2.17. The number of aromatic nitrogens is 4. The van der Waals surface area contributed by atoms with Crippen LogP contribution in [0.3, 0.4) is 0 Å². The summed E-state index contributed by atoms with van der Waals surface area (Å²) < 4.78 is 5.34. The highest BCUT2D eigenvalue weighted by molar-refractivity contribution is 5.75. The molecule has 0 bridgehead atoms. The normalized spacial score (nSPS) is 16.7. The maximum atomic E-state index is 12.1. The first-order chi connectivity index (χ1) is 11.7. The van der Waals surface area contributed by atoms with E-state index in [2.05, 4.69) is 32.6 Å². The summed E-state index contributed by atoms with van der Waals surface area (Å²) in [5, 5.41) is 15.1. The van der Waals surface area contributed by atoms with Crippen LogP contribution >= 0.6 is 0 Å². The van der Waals surface area contributed by atoms with Gasteiger partial charge in [0.1, 0.15) is 6.54 Å². The summed E-state index contributed by atoms with van der Waals surface area (Å²) in [6.45, 7) is 6.08. The summed E-state index contributed by atoms with van der Waals surface area (Å²) >= 11 is 0. The van der Waals surface area contributed by atoms with Crippen molar-refractivity contribution in [2.75, 3.05) is 32.8 Å². The van der Waals surface area contributed by atoms with Gasteiger partial charge in [-0.3, -0.25) is 9.69 Å². The van der Waals surface area contributed by atoms with Crippen LogP contribution < -0.4 is 5.32 Å². The Morgan fingerprint density at radius 2 is 2.04 bits per heavy atom. The van der Waals surface area contributed by atoms with Crippen LogP contribution in [-0.2, 0) is 16.1 Å². The van der Waals surface area contributed by atoms with Gasteiger partial charge in [0.05, 0.1) is 13.2 Å². The number of carbonyl (C=O) groups excluding carboxylic acids is 1. The maximum Gasteiger partial charge on any atom is 0.243 e. The Hall–Kier alpha value is -2.32. The third-order valence-corrected chi connectivity index (χ3v) is 4.03. The van der Waals surface area contributed by atoms with Crippen molar-refractivity contribution in [2.24, 2.45) is 0 Å². The molecule has 1 saturated heterocycles. The number of nitrogens with one attached hydrogen (secondary N) is 1. The Morgan fingerprint density at radius 1 is 1.29 bits per heavy atom. The zero-order chi connectivity index (χ0) is 16.8. The topological polar surface area (TPSA) is 85.2 Å². The van der Waals surface area contributed by atoms with Crippen molar-refractivity contribution in [1.29, 1.82) is 0 Å². The van der Waals surface area contributed by atoms with E-state index in [4.69, 9.17) is 4.74 Å². The van der Waals surface area contributed by atoms with Gasteiger partial charge in [0.15, 0.2) is 0 Å². The van der Waals surface area contributed by atoms with Gasteiger partial charge in [-0.1, -0.05) is 30.3 Å². The summed E-state index contributed by atoms with van der Waals surface area (Å²) in [4.78, 5) is 15.7. The Kier molecular flexibility index (Phi) is 5.50. The molecule has 2 aromatic rings. The molecule has 2 heterocycles. The first kappa shape index (κ1) is 16.5. The van der Waals surface area contributed by atoms with Crippen molar-refractivity contribution in [3.63, 3.8) is 0 Å². The number of hydrogen-bond acceptors (Lipinski definition) is 6. The smallest absolute Gasteiger partial charge is 0.243 e. The van der Waals surface area contributed by atoms with Crippen molar-refractivity contribution in [3.05, 3.63) is 30.3 Å². The monoisotopic (exact) mass is 330 g/mol. The fourth-order valence-corrected chi connectivity index (χ4v) is 2.61. The van der Waals surface area contributed by atoms with Gasteiger partial charge in [0.25, 0.3) is 0 Å². The highest BCUT2D eigenvalue weighted by atomic mass is 16.5. The van der Waals surface area contributed by atoms with Gasteiger partial charge in [-0.15, -0.1) is 10.2 Å². The molecule has 1 aliphatic heterocycles. The molecule has 1 fully saturated rings.